The number of rotatable bonds is 7. The second-order valence-corrected chi connectivity index (χ2v) is 9.68. The molecule has 2 aliphatic rings. The Morgan fingerprint density at radius 1 is 0.941 bits per heavy atom. The Morgan fingerprint density at radius 2 is 1.74 bits per heavy atom. The van der Waals surface area contributed by atoms with E-state index in [9.17, 15) is 4.79 Å². The Bertz CT molecular complexity index is 1320. The maximum atomic E-state index is 12.9. The molecule has 2 fully saturated rings. The van der Waals surface area contributed by atoms with E-state index in [0.717, 1.165) is 60.3 Å². The molecule has 0 spiro atoms. The third-order valence-electron chi connectivity index (χ3n) is 7.51. The zero-order valence-electron chi connectivity index (χ0n) is 19.5. The molecule has 1 saturated heterocycles. The lowest BCUT2D eigenvalue weighted by atomic mass is 10.1. The maximum absolute atomic E-state index is 12.9. The number of hydrogen-bond donors (Lipinski definition) is 0. The third-order valence-corrected chi connectivity index (χ3v) is 7.51. The molecule has 1 aliphatic carbocycles. The third kappa shape index (κ3) is 3.93. The first-order chi connectivity index (χ1) is 16.8. The molecule has 1 atom stereocenters. The van der Waals surface area contributed by atoms with Gasteiger partial charge in [0.25, 0.3) is 0 Å². The molecule has 0 radical (unpaired) electrons. The summed E-state index contributed by atoms with van der Waals surface area (Å²) >= 11 is 0. The highest BCUT2D eigenvalue weighted by atomic mass is 16.5. The number of aromatic nitrogens is 2. The fourth-order valence-corrected chi connectivity index (χ4v) is 5.84. The summed E-state index contributed by atoms with van der Waals surface area (Å²) in [5.41, 5.74) is 2.16. The highest BCUT2D eigenvalue weighted by Gasteiger charge is 2.38. The van der Waals surface area contributed by atoms with E-state index in [-0.39, 0.29) is 5.92 Å². The lowest BCUT2D eigenvalue weighted by Crippen LogP contribution is -2.34. The van der Waals surface area contributed by atoms with E-state index < -0.39 is 0 Å². The van der Waals surface area contributed by atoms with Crippen LogP contribution in [-0.4, -0.2) is 39.6 Å². The molecule has 1 saturated carbocycles. The molecule has 1 aromatic heterocycles. The highest BCUT2D eigenvalue weighted by molar-refractivity contribution is 5.88. The fourth-order valence-electron chi connectivity index (χ4n) is 5.84. The van der Waals surface area contributed by atoms with Crippen LogP contribution in [0.15, 0.2) is 66.7 Å². The van der Waals surface area contributed by atoms with Crippen LogP contribution in [0, 0.1) is 0 Å². The first-order valence-electron chi connectivity index (χ1n) is 12.6. The number of aryl methyl sites for hydroxylation is 1. The summed E-state index contributed by atoms with van der Waals surface area (Å²) in [6.07, 6.45) is 6.25. The van der Waals surface area contributed by atoms with Gasteiger partial charge in [0.05, 0.1) is 17.6 Å². The first kappa shape index (κ1) is 21.2. The van der Waals surface area contributed by atoms with Gasteiger partial charge in [-0.25, -0.2) is 4.98 Å². The number of amides is 1. The lowest BCUT2D eigenvalue weighted by molar-refractivity contribution is -0.129. The number of carbonyl (C=O) groups excluding carboxylic acids is 1. The minimum Gasteiger partial charge on any atom is -0.493 e. The number of fused-ring (bicyclic) bond motifs is 2. The van der Waals surface area contributed by atoms with Crippen LogP contribution in [0.4, 0.5) is 0 Å². The van der Waals surface area contributed by atoms with E-state index in [1.165, 1.54) is 18.2 Å². The molecule has 34 heavy (non-hydrogen) atoms. The average Bonchev–Trinajstić information content (AvgIpc) is 3.60. The second-order valence-electron chi connectivity index (χ2n) is 9.68. The van der Waals surface area contributed by atoms with Crippen molar-refractivity contribution in [2.45, 2.75) is 57.0 Å². The Hall–Kier alpha value is -3.34. The van der Waals surface area contributed by atoms with Crippen molar-refractivity contribution in [2.24, 2.45) is 0 Å². The number of hydrogen-bond acceptors (Lipinski definition) is 3. The summed E-state index contributed by atoms with van der Waals surface area (Å²) in [6, 6.07) is 23.3. The Balaban J connectivity index is 1.19. The predicted molar refractivity (Wildman–Crippen MR) is 135 cm³/mol. The van der Waals surface area contributed by atoms with Crippen LogP contribution in [-0.2, 0) is 11.3 Å². The Morgan fingerprint density at radius 3 is 2.65 bits per heavy atom. The highest BCUT2D eigenvalue weighted by Crippen LogP contribution is 2.35. The molecular weight excluding hydrogens is 422 g/mol. The van der Waals surface area contributed by atoms with Crippen molar-refractivity contribution in [2.75, 3.05) is 13.2 Å². The summed E-state index contributed by atoms with van der Waals surface area (Å²) in [7, 11) is 0. The average molecular weight is 454 g/mol. The second kappa shape index (κ2) is 9.13. The van der Waals surface area contributed by atoms with Crippen LogP contribution in [0.5, 0.6) is 5.75 Å². The molecule has 2 heterocycles. The van der Waals surface area contributed by atoms with Gasteiger partial charge in [0.2, 0.25) is 5.91 Å². The summed E-state index contributed by atoms with van der Waals surface area (Å²) < 4.78 is 8.53. The van der Waals surface area contributed by atoms with Crippen molar-refractivity contribution in [1.82, 2.24) is 14.5 Å². The molecule has 0 bridgehead atoms. The molecule has 0 N–H and O–H groups in total. The van der Waals surface area contributed by atoms with Crippen molar-refractivity contribution in [3.05, 3.63) is 72.6 Å². The van der Waals surface area contributed by atoms with Crippen molar-refractivity contribution in [3.63, 3.8) is 0 Å². The normalized spacial score (nSPS) is 19.0. The number of para-hydroxylation sites is 2. The van der Waals surface area contributed by atoms with Gasteiger partial charge in [0.15, 0.2) is 0 Å². The molecule has 1 amide bonds. The quantitative estimate of drug-likeness (QED) is 0.327. The van der Waals surface area contributed by atoms with Crippen LogP contribution in [0.2, 0.25) is 0 Å². The molecular formula is C29H31N3O2. The lowest BCUT2D eigenvalue weighted by Gasteiger charge is -2.24. The fraction of sp³-hybridized carbons (Fsp3) is 0.379. The predicted octanol–water partition coefficient (Wildman–Crippen LogP) is 5.92. The summed E-state index contributed by atoms with van der Waals surface area (Å²) in [5.74, 6) is 2.46. The van der Waals surface area contributed by atoms with Crippen LogP contribution in [0.25, 0.3) is 21.8 Å². The number of benzene rings is 3. The monoisotopic (exact) mass is 453 g/mol. The Kier molecular flexibility index (Phi) is 5.69. The molecule has 174 valence electrons. The summed E-state index contributed by atoms with van der Waals surface area (Å²) in [4.78, 5) is 20.0. The number of ether oxygens (including phenoxy) is 1. The molecule has 5 nitrogen and oxygen atoms in total. The van der Waals surface area contributed by atoms with E-state index in [4.69, 9.17) is 9.72 Å². The van der Waals surface area contributed by atoms with Crippen molar-refractivity contribution >= 4 is 27.7 Å². The van der Waals surface area contributed by atoms with Crippen molar-refractivity contribution in [1.29, 1.82) is 0 Å². The van der Waals surface area contributed by atoms with Gasteiger partial charge in [-0.2, -0.15) is 0 Å². The number of imidazole rings is 1. The van der Waals surface area contributed by atoms with Gasteiger partial charge in [-0.15, -0.1) is 0 Å². The molecule has 1 unspecified atom stereocenters. The van der Waals surface area contributed by atoms with E-state index in [1.54, 1.807) is 0 Å². The van der Waals surface area contributed by atoms with E-state index in [0.29, 0.717) is 25.0 Å². The number of likely N-dealkylation sites (tertiary alicyclic amines) is 1. The summed E-state index contributed by atoms with van der Waals surface area (Å²) in [5, 5.41) is 2.34. The van der Waals surface area contributed by atoms with E-state index in [1.807, 2.05) is 18.2 Å². The molecule has 1 aliphatic heterocycles. The van der Waals surface area contributed by atoms with Gasteiger partial charge in [-0.1, -0.05) is 61.4 Å². The van der Waals surface area contributed by atoms with Gasteiger partial charge < -0.3 is 14.2 Å². The molecule has 6 rings (SSSR count). The maximum Gasteiger partial charge on any atom is 0.223 e. The summed E-state index contributed by atoms with van der Waals surface area (Å²) in [6.45, 7) is 2.27. The van der Waals surface area contributed by atoms with Crippen LogP contribution < -0.4 is 4.74 Å². The smallest absolute Gasteiger partial charge is 0.223 e. The zero-order valence-corrected chi connectivity index (χ0v) is 19.5. The van der Waals surface area contributed by atoms with Crippen LogP contribution in [0.3, 0.4) is 0 Å². The topological polar surface area (TPSA) is 47.4 Å². The molecule has 5 heteroatoms. The number of carbonyl (C=O) groups is 1. The van der Waals surface area contributed by atoms with Crippen molar-refractivity contribution in [3.8, 4) is 5.75 Å². The van der Waals surface area contributed by atoms with Gasteiger partial charge in [0, 0.05) is 36.9 Å². The van der Waals surface area contributed by atoms with Crippen LogP contribution in [0.1, 0.15) is 50.3 Å². The van der Waals surface area contributed by atoms with Gasteiger partial charge in [0.1, 0.15) is 11.6 Å². The van der Waals surface area contributed by atoms with Gasteiger partial charge >= 0.3 is 0 Å². The molecule has 4 aromatic rings. The standard InChI is InChI=1S/C29H31N3O2/c33-28-19-22(20-32(28)23-11-2-3-12-23)29-30-25-14-5-6-15-26(25)31(29)17-8-18-34-27-16-7-10-21-9-1-4-13-24(21)27/h1,4-7,9-10,13-16,22-23H,2-3,8,11-12,17-20H2. The SMILES string of the molecule is O=C1CC(c2nc3ccccc3n2CCCOc2cccc3ccccc23)CN1C1CCCC1. The van der Waals surface area contributed by atoms with Crippen molar-refractivity contribution < 1.29 is 9.53 Å². The Labute approximate surface area is 200 Å². The first-order valence-corrected chi connectivity index (χ1v) is 12.6. The largest absolute Gasteiger partial charge is 0.493 e. The minimum atomic E-state index is 0.166. The van der Waals surface area contributed by atoms with Gasteiger partial charge in [-0.05, 0) is 42.8 Å². The van der Waals surface area contributed by atoms with E-state index >= 15 is 0 Å². The van der Waals surface area contributed by atoms with Gasteiger partial charge in [-0.3, -0.25) is 4.79 Å². The van der Waals surface area contributed by atoms with E-state index in [2.05, 4.69) is 58.0 Å². The zero-order chi connectivity index (χ0) is 22.9. The number of nitrogens with zero attached hydrogens (tertiary/aromatic N) is 3. The minimum absolute atomic E-state index is 0.166. The molecule has 3 aromatic carbocycles. The van der Waals surface area contributed by atoms with Crippen LogP contribution >= 0.6 is 0 Å².